The molecule has 1 aromatic heterocycles. The molecule has 2 aromatic carbocycles. The maximum atomic E-state index is 14.6. The molecule has 3 aromatic rings. The summed E-state index contributed by atoms with van der Waals surface area (Å²) in [7, 11) is 1.56. The number of pyridine rings is 1. The molecule has 0 bridgehead atoms. The Morgan fingerprint density at radius 1 is 1.19 bits per heavy atom. The second-order valence-corrected chi connectivity index (χ2v) is 7.25. The van der Waals surface area contributed by atoms with Crippen molar-refractivity contribution in [2.24, 2.45) is 0 Å². The van der Waals surface area contributed by atoms with Crippen LogP contribution in [0.3, 0.4) is 0 Å². The molecule has 2 N–H and O–H groups in total. The first-order valence-corrected chi connectivity index (χ1v) is 10.1. The Labute approximate surface area is 183 Å². The van der Waals surface area contributed by atoms with Gasteiger partial charge in [-0.2, -0.15) is 5.26 Å². The number of amides is 2. The van der Waals surface area contributed by atoms with Crippen molar-refractivity contribution < 1.29 is 23.4 Å². The number of nitriles is 1. The van der Waals surface area contributed by atoms with Crippen LogP contribution in [-0.4, -0.2) is 37.4 Å². The first-order chi connectivity index (χ1) is 15.6. The average molecular weight is 436 g/mol. The molecular weight excluding hydrogens is 415 g/mol. The van der Waals surface area contributed by atoms with Crippen LogP contribution in [0.1, 0.15) is 18.4 Å². The van der Waals surface area contributed by atoms with E-state index in [-0.39, 0.29) is 24.4 Å². The van der Waals surface area contributed by atoms with E-state index in [0.29, 0.717) is 40.3 Å². The van der Waals surface area contributed by atoms with Gasteiger partial charge in [-0.05, 0) is 37.1 Å². The van der Waals surface area contributed by atoms with Crippen molar-refractivity contribution in [1.29, 1.82) is 5.26 Å². The number of aromatic nitrogens is 1. The summed E-state index contributed by atoms with van der Waals surface area (Å²) in [4.78, 5) is 16.1. The zero-order valence-corrected chi connectivity index (χ0v) is 17.4. The zero-order valence-electron chi connectivity index (χ0n) is 17.4. The lowest BCUT2D eigenvalue weighted by Crippen LogP contribution is -2.30. The number of hydrogen-bond acceptors (Lipinski definition) is 6. The van der Waals surface area contributed by atoms with E-state index in [1.807, 2.05) is 0 Å². The summed E-state index contributed by atoms with van der Waals surface area (Å²) in [6.07, 6.45) is 3.45. The van der Waals surface area contributed by atoms with E-state index in [9.17, 15) is 14.4 Å². The molecule has 4 rings (SSSR count). The number of halogens is 1. The molecule has 1 saturated carbocycles. The SMILES string of the molecule is COCCOc1cc2nccc(Oc3ccc(NC(=O)NC4CC4)cc3F)c2cc1C#N. The van der Waals surface area contributed by atoms with Crippen LogP contribution >= 0.6 is 0 Å². The van der Waals surface area contributed by atoms with Crippen LogP contribution in [0, 0.1) is 17.1 Å². The van der Waals surface area contributed by atoms with Gasteiger partial charge in [-0.25, -0.2) is 9.18 Å². The largest absolute Gasteiger partial charge is 0.490 e. The second-order valence-electron chi connectivity index (χ2n) is 7.25. The van der Waals surface area contributed by atoms with Crippen molar-refractivity contribution in [3.63, 3.8) is 0 Å². The Hall–Kier alpha value is -3.90. The van der Waals surface area contributed by atoms with Crippen LogP contribution in [-0.2, 0) is 4.74 Å². The predicted molar refractivity (Wildman–Crippen MR) is 115 cm³/mol. The fraction of sp³-hybridized carbons (Fsp3) is 0.261. The van der Waals surface area contributed by atoms with E-state index < -0.39 is 5.82 Å². The number of rotatable bonds is 8. The van der Waals surface area contributed by atoms with E-state index >= 15 is 0 Å². The average Bonchev–Trinajstić information content (AvgIpc) is 3.59. The highest BCUT2D eigenvalue weighted by Crippen LogP contribution is 2.34. The number of carbonyl (C=O) groups excluding carboxylic acids is 1. The second kappa shape index (κ2) is 9.49. The molecule has 0 unspecified atom stereocenters. The quantitative estimate of drug-likeness (QED) is 0.509. The van der Waals surface area contributed by atoms with E-state index in [2.05, 4.69) is 21.7 Å². The summed E-state index contributed by atoms with van der Waals surface area (Å²) >= 11 is 0. The van der Waals surface area contributed by atoms with Crippen molar-refractivity contribution in [2.45, 2.75) is 18.9 Å². The Kier molecular flexibility index (Phi) is 6.33. The summed E-state index contributed by atoms with van der Waals surface area (Å²) in [6, 6.07) is 10.9. The predicted octanol–water partition coefficient (Wildman–Crippen LogP) is 4.35. The van der Waals surface area contributed by atoms with E-state index in [0.717, 1.165) is 12.8 Å². The number of nitrogens with one attached hydrogen (secondary N) is 2. The summed E-state index contributed by atoms with van der Waals surface area (Å²) in [5.74, 6) is 0.0533. The van der Waals surface area contributed by atoms with Crippen molar-refractivity contribution in [3.05, 3.63) is 54.0 Å². The van der Waals surface area contributed by atoms with Crippen molar-refractivity contribution in [3.8, 4) is 23.3 Å². The molecule has 32 heavy (non-hydrogen) atoms. The maximum absolute atomic E-state index is 14.6. The number of anilines is 1. The summed E-state index contributed by atoms with van der Waals surface area (Å²) < 4.78 is 31.0. The van der Waals surface area contributed by atoms with Gasteiger partial charge in [0.2, 0.25) is 0 Å². The van der Waals surface area contributed by atoms with Crippen molar-refractivity contribution in [1.82, 2.24) is 10.3 Å². The van der Waals surface area contributed by atoms with Gasteiger partial charge in [-0.15, -0.1) is 0 Å². The minimum absolute atomic E-state index is 0.0235. The van der Waals surface area contributed by atoms with Gasteiger partial charge in [0.05, 0.1) is 17.7 Å². The standard InChI is InChI=1S/C23H21FN4O4/c1-30-8-9-31-22-12-19-17(10-14(22)13-25)20(6-7-26-19)32-21-5-4-16(11-18(21)24)28-23(29)27-15-2-3-15/h4-7,10-12,15H,2-3,8-9H2,1H3,(H2,27,28,29). The van der Waals surface area contributed by atoms with E-state index in [4.69, 9.17) is 14.2 Å². The lowest BCUT2D eigenvalue weighted by molar-refractivity contribution is 0.146. The highest BCUT2D eigenvalue weighted by molar-refractivity contribution is 5.90. The highest BCUT2D eigenvalue weighted by atomic mass is 19.1. The monoisotopic (exact) mass is 436 g/mol. The molecule has 9 heteroatoms. The zero-order chi connectivity index (χ0) is 22.5. The smallest absolute Gasteiger partial charge is 0.319 e. The maximum Gasteiger partial charge on any atom is 0.319 e. The molecule has 0 saturated heterocycles. The van der Waals surface area contributed by atoms with Crippen molar-refractivity contribution in [2.75, 3.05) is 25.6 Å². The third kappa shape index (κ3) is 5.04. The van der Waals surface area contributed by atoms with Gasteiger partial charge in [0.15, 0.2) is 11.6 Å². The number of methoxy groups -OCH3 is 1. The first-order valence-electron chi connectivity index (χ1n) is 10.1. The molecule has 8 nitrogen and oxygen atoms in total. The molecule has 1 heterocycles. The third-order valence-corrected chi connectivity index (χ3v) is 4.79. The highest BCUT2D eigenvalue weighted by Gasteiger charge is 2.23. The lowest BCUT2D eigenvalue weighted by atomic mass is 10.1. The number of carbonyl (C=O) groups is 1. The van der Waals surface area contributed by atoms with Gasteiger partial charge in [0, 0.05) is 42.6 Å². The number of hydrogen-bond donors (Lipinski definition) is 2. The van der Waals surface area contributed by atoms with Crippen LogP contribution in [0.2, 0.25) is 0 Å². The minimum Gasteiger partial charge on any atom is -0.490 e. The van der Waals surface area contributed by atoms with Gasteiger partial charge in [-0.1, -0.05) is 0 Å². The number of nitrogens with zero attached hydrogens (tertiary/aromatic N) is 2. The molecule has 1 fully saturated rings. The molecule has 0 aliphatic heterocycles. The van der Waals surface area contributed by atoms with Gasteiger partial charge < -0.3 is 24.8 Å². The summed E-state index contributed by atoms with van der Waals surface area (Å²) in [5, 5.41) is 15.4. The fourth-order valence-corrected chi connectivity index (χ4v) is 3.04. The van der Waals surface area contributed by atoms with Gasteiger partial charge in [0.25, 0.3) is 0 Å². The minimum atomic E-state index is -0.640. The first kappa shape index (κ1) is 21.3. The van der Waals surface area contributed by atoms with Crippen LogP contribution in [0.5, 0.6) is 17.2 Å². The number of fused-ring (bicyclic) bond motifs is 1. The molecule has 1 aliphatic rings. The molecule has 0 radical (unpaired) electrons. The van der Waals surface area contributed by atoms with Crippen LogP contribution in [0.15, 0.2) is 42.6 Å². The van der Waals surface area contributed by atoms with Crippen molar-refractivity contribution >= 4 is 22.6 Å². The Morgan fingerprint density at radius 3 is 2.75 bits per heavy atom. The number of urea groups is 1. The van der Waals surface area contributed by atoms with E-state index in [1.54, 1.807) is 31.4 Å². The topological polar surface area (TPSA) is 106 Å². The molecule has 2 amide bonds. The molecule has 0 atom stereocenters. The van der Waals surface area contributed by atoms with Gasteiger partial charge in [0.1, 0.15) is 24.2 Å². The molecule has 0 spiro atoms. The third-order valence-electron chi connectivity index (χ3n) is 4.79. The Bertz CT molecular complexity index is 1190. The molecule has 1 aliphatic carbocycles. The van der Waals surface area contributed by atoms with E-state index in [1.165, 1.54) is 18.3 Å². The Balaban J connectivity index is 1.55. The Morgan fingerprint density at radius 2 is 2.03 bits per heavy atom. The normalized spacial score (nSPS) is 12.8. The van der Waals surface area contributed by atoms with Gasteiger partial charge >= 0.3 is 6.03 Å². The van der Waals surface area contributed by atoms with Crippen LogP contribution < -0.4 is 20.1 Å². The summed E-state index contributed by atoms with van der Waals surface area (Å²) in [5.41, 5.74) is 1.15. The summed E-state index contributed by atoms with van der Waals surface area (Å²) in [6.45, 7) is 0.670. The fourth-order valence-electron chi connectivity index (χ4n) is 3.04. The number of benzene rings is 2. The van der Waals surface area contributed by atoms with Gasteiger partial charge in [-0.3, -0.25) is 4.98 Å². The molecule has 164 valence electrons. The molecular formula is C23H21FN4O4. The van der Waals surface area contributed by atoms with Crippen LogP contribution in [0.25, 0.3) is 10.9 Å². The number of ether oxygens (including phenoxy) is 3. The lowest BCUT2D eigenvalue weighted by Gasteiger charge is -2.13. The van der Waals surface area contributed by atoms with Crippen LogP contribution in [0.4, 0.5) is 14.9 Å².